The van der Waals surface area contributed by atoms with Gasteiger partial charge >= 0.3 is 5.97 Å². The van der Waals surface area contributed by atoms with Crippen molar-refractivity contribution < 1.29 is 14.7 Å². The van der Waals surface area contributed by atoms with Crippen molar-refractivity contribution in [1.29, 1.82) is 0 Å². The minimum absolute atomic E-state index is 0.0962. The van der Waals surface area contributed by atoms with E-state index < -0.39 is 18.1 Å². The van der Waals surface area contributed by atoms with E-state index in [2.05, 4.69) is 10.4 Å². The second kappa shape index (κ2) is 5.86. The van der Waals surface area contributed by atoms with E-state index in [-0.39, 0.29) is 17.7 Å². The van der Waals surface area contributed by atoms with Crippen LogP contribution in [0.3, 0.4) is 0 Å². The van der Waals surface area contributed by atoms with Crippen LogP contribution >= 0.6 is 0 Å². The van der Waals surface area contributed by atoms with Gasteiger partial charge in [-0.3, -0.25) is 14.3 Å². The molecule has 0 saturated carbocycles. The maximum Gasteiger partial charge on any atom is 0.305 e. The summed E-state index contributed by atoms with van der Waals surface area (Å²) < 4.78 is 1.54. The Labute approximate surface area is 112 Å². The van der Waals surface area contributed by atoms with Crippen LogP contribution in [0.2, 0.25) is 0 Å². The Bertz CT molecular complexity index is 434. The Balaban J connectivity index is 2.74. The number of hydrogen-bond donors (Lipinski definition) is 2. The highest BCUT2D eigenvalue weighted by Gasteiger charge is 2.30. The topological polar surface area (TPSA) is 84.2 Å². The first-order chi connectivity index (χ1) is 8.71. The molecule has 1 amide bonds. The third kappa shape index (κ3) is 4.39. The zero-order chi connectivity index (χ0) is 14.6. The van der Waals surface area contributed by atoms with Gasteiger partial charge < -0.3 is 10.4 Å². The van der Waals surface area contributed by atoms with Gasteiger partial charge in [0.2, 0.25) is 5.91 Å². The van der Waals surface area contributed by atoms with Gasteiger partial charge in [-0.1, -0.05) is 20.8 Å². The summed E-state index contributed by atoms with van der Waals surface area (Å²) in [6.45, 7) is 7.43. The molecule has 0 aliphatic carbocycles. The van der Waals surface area contributed by atoms with Crippen LogP contribution in [0.4, 0.5) is 0 Å². The quantitative estimate of drug-likeness (QED) is 0.845. The standard InChI is InChI=1S/C13H21N3O3/c1-9(16-7-5-6-14-16)12(19)15-10(8-11(17)18)13(2,3)4/h5-7,9-10H,8H2,1-4H3,(H,15,19)(H,17,18). The monoisotopic (exact) mass is 267 g/mol. The van der Waals surface area contributed by atoms with E-state index in [0.717, 1.165) is 0 Å². The number of amides is 1. The molecule has 0 radical (unpaired) electrons. The van der Waals surface area contributed by atoms with E-state index in [9.17, 15) is 9.59 Å². The lowest BCUT2D eigenvalue weighted by atomic mass is 9.84. The van der Waals surface area contributed by atoms with E-state index >= 15 is 0 Å². The molecule has 0 fully saturated rings. The first-order valence-corrected chi connectivity index (χ1v) is 6.23. The summed E-state index contributed by atoms with van der Waals surface area (Å²) in [5.41, 5.74) is -0.322. The molecule has 0 aliphatic heterocycles. The predicted molar refractivity (Wildman–Crippen MR) is 70.6 cm³/mol. The minimum Gasteiger partial charge on any atom is -0.481 e. The number of carboxylic acids is 1. The zero-order valence-electron chi connectivity index (χ0n) is 11.8. The highest BCUT2D eigenvalue weighted by Crippen LogP contribution is 2.22. The lowest BCUT2D eigenvalue weighted by Crippen LogP contribution is -2.47. The molecule has 0 aliphatic rings. The van der Waals surface area contributed by atoms with Gasteiger partial charge in [0, 0.05) is 18.4 Å². The fraction of sp³-hybridized carbons (Fsp3) is 0.615. The summed E-state index contributed by atoms with van der Waals surface area (Å²) in [6, 6.07) is 0.853. The second-order valence-electron chi connectivity index (χ2n) is 5.69. The Kier molecular flexibility index (Phi) is 4.69. The van der Waals surface area contributed by atoms with Crippen LogP contribution in [-0.2, 0) is 9.59 Å². The molecule has 1 rings (SSSR count). The van der Waals surface area contributed by atoms with Crippen molar-refractivity contribution in [1.82, 2.24) is 15.1 Å². The fourth-order valence-electron chi connectivity index (χ4n) is 1.67. The fourth-order valence-corrected chi connectivity index (χ4v) is 1.67. The van der Waals surface area contributed by atoms with Gasteiger partial charge in [0.25, 0.3) is 0 Å². The van der Waals surface area contributed by atoms with Gasteiger partial charge in [-0.2, -0.15) is 5.10 Å². The molecule has 2 unspecified atom stereocenters. The molecule has 0 aromatic carbocycles. The molecule has 0 bridgehead atoms. The molecule has 2 N–H and O–H groups in total. The molecule has 0 spiro atoms. The molecule has 2 atom stereocenters. The van der Waals surface area contributed by atoms with Crippen molar-refractivity contribution in [3.05, 3.63) is 18.5 Å². The number of nitrogens with one attached hydrogen (secondary N) is 1. The zero-order valence-corrected chi connectivity index (χ0v) is 11.8. The van der Waals surface area contributed by atoms with Crippen LogP contribution < -0.4 is 5.32 Å². The summed E-state index contributed by atoms with van der Waals surface area (Å²) >= 11 is 0. The van der Waals surface area contributed by atoms with Crippen LogP contribution in [0, 0.1) is 5.41 Å². The Morgan fingerprint density at radius 2 is 2.05 bits per heavy atom. The summed E-state index contributed by atoms with van der Waals surface area (Å²) in [5.74, 6) is -1.16. The Hall–Kier alpha value is -1.85. The van der Waals surface area contributed by atoms with Crippen molar-refractivity contribution in [3.63, 3.8) is 0 Å². The van der Waals surface area contributed by atoms with Crippen LogP contribution in [0.15, 0.2) is 18.5 Å². The number of carboxylic acid groups (broad SMARTS) is 1. The van der Waals surface area contributed by atoms with E-state index in [1.54, 1.807) is 25.4 Å². The number of carbonyl (C=O) groups is 2. The molecule has 0 saturated heterocycles. The van der Waals surface area contributed by atoms with E-state index in [0.29, 0.717) is 0 Å². The lowest BCUT2D eigenvalue weighted by Gasteiger charge is -2.31. The van der Waals surface area contributed by atoms with E-state index in [1.165, 1.54) is 4.68 Å². The smallest absolute Gasteiger partial charge is 0.305 e. The van der Waals surface area contributed by atoms with Gasteiger partial charge in [0.1, 0.15) is 6.04 Å². The average molecular weight is 267 g/mol. The molecular weight excluding hydrogens is 246 g/mol. The van der Waals surface area contributed by atoms with Crippen molar-refractivity contribution >= 4 is 11.9 Å². The molecule has 6 heteroatoms. The molecule has 19 heavy (non-hydrogen) atoms. The van der Waals surface area contributed by atoms with Crippen molar-refractivity contribution in [2.24, 2.45) is 5.41 Å². The Morgan fingerprint density at radius 1 is 1.42 bits per heavy atom. The van der Waals surface area contributed by atoms with Crippen LogP contribution in [0.25, 0.3) is 0 Å². The molecule has 1 aromatic rings. The van der Waals surface area contributed by atoms with Crippen LogP contribution in [0.1, 0.15) is 40.2 Å². The normalized spacial score (nSPS) is 14.7. The average Bonchev–Trinajstić information content (AvgIpc) is 2.78. The van der Waals surface area contributed by atoms with Crippen molar-refractivity contribution in [2.45, 2.75) is 46.2 Å². The number of carbonyl (C=O) groups excluding carboxylic acids is 1. The summed E-state index contributed by atoms with van der Waals surface area (Å²) in [7, 11) is 0. The largest absolute Gasteiger partial charge is 0.481 e. The molecule has 1 heterocycles. The maximum absolute atomic E-state index is 12.1. The SMILES string of the molecule is CC(C(=O)NC(CC(=O)O)C(C)(C)C)n1cccn1. The van der Waals surface area contributed by atoms with Gasteiger partial charge in [0.05, 0.1) is 6.42 Å². The third-order valence-electron chi connectivity index (χ3n) is 3.04. The third-order valence-corrected chi connectivity index (χ3v) is 3.04. The van der Waals surface area contributed by atoms with Crippen molar-refractivity contribution in [3.8, 4) is 0 Å². The maximum atomic E-state index is 12.1. The summed E-state index contributed by atoms with van der Waals surface area (Å²) in [5, 5.41) is 15.7. The number of rotatable bonds is 5. The van der Waals surface area contributed by atoms with Gasteiger partial charge in [-0.15, -0.1) is 0 Å². The lowest BCUT2D eigenvalue weighted by molar-refractivity contribution is -0.138. The number of nitrogens with zero attached hydrogens (tertiary/aromatic N) is 2. The highest BCUT2D eigenvalue weighted by atomic mass is 16.4. The molecule has 6 nitrogen and oxygen atoms in total. The summed E-state index contributed by atoms with van der Waals surface area (Å²) in [6.07, 6.45) is 3.21. The van der Waals surface area contributed by atoms with Crippen LogP contribution in [0.5, 0.6) is 0 Å². The minimum atomic E-state index is -0.924. The number of aromatic nitrogens is 2. The van der Waals surface area contributed by atoms with Crippen LogP contribution in [-0.4, -0.2) is 32.8 Å². The first-order valence-electron chi connectivity index (χ1n) is 6.23. The Morgan fingerprint density at radius 3 is 2.47 bits per heavy atom. The molecule has 1 aromatic heterocycles. The van der Waals surface area contributed by atoms with E-state index in [1.807, 2.05) is 20.8 Å². The predicted octanol–water partition coefficient (Wildman–Crippen LogP) is 1.45. The van der Waals surface area contributed by atoms with Crippen molar-refractivity contribution in [2.75, 3.05) is 0 Å². The summed E-state index contributed by atoms with van der Waals surface area (Å²) in [4.78, 5) is 23.0. The van der Waals surface area contributed by atoms with E-state index in [4.69, 9.17) is 5.11 Å². The van der Waals surface area contributed by atoms with Gasteiger partial charge in [-0.05, 0) is 18.4 Å². The highest BCUT2D eigenvalue weighted by molar-refractivity contribution is 5.81. The number of aliphatic carboxylic acids is 1. The molecular formula is C13H21N3O3. The molecule has 106 valence electrons. The second-order valence-corrected chi connectivity index (χ2v) is 5.69. The van der Waals surface area contributed by atoms with Gasteiger partial charge in [-0.25, -0.2) is 0 Å². The van der Waals surface area contributed by atoms with Gasteiger partial charge in [0.15, 0.2) is 0 Å². The first kappa shape index (κ1) is 15.2. The number of hydrogen-bond acceptors (Lipinski definition) is 3.